The molecule has 6 bridgehead atoms. The van der Waals surface area contributed by atoms with Crippen LogP contribution in [0.25, 0.3) is 17.1 Å². The number of aromatic nitrogens is 10. The number of carbonyl (C=O) groups excluding carboxylic acids is 8. The largest absolute Gasteiger partial charge is 0.433 e. The molecular formula is C51H56B4N21O11S3+. The van der Waals surface area contributed by atoms with Gasteiger partial charge in [0.1, 0.15) is 33.8 Å². The average molecular weight is 1280 g/mol. The Kier molecular flexibility index (Phi) is 19.5. The van der Waals surface area contributed by atoms with Crippen LogP contribution in [0.2, 0.25) is 13.6 Å². The summed E-state index contributed by atoms with van der Waals surface area (Å²) in [5.74, 6) is -0.571. The highest BCUT2D eigenvalue weighted by molar-refractivity contribution is 7.18. The highest BCUT2D eigenvalue weighted by atomic mass is 32.1. The van der Waals surface area contributed by atoms with Gasteiger partial charge in [-0.3, -0.25) is 19.6 Å². The lowest BCUT2D eigenvalue weighted by Crippen LogP contribution is -2.35. The lowest BCUT2D eigenvalue weighted by molar-refractivity contribution is -0.378. The van der Waals surface area contributed by atoms with Gasteiger partial charge in [-0.15, -0.1) is 0 Å². The summed E-state index contributed by atoms with van der Waals surface area (Å²) in [4.78, 5) is 123. The van der Waals surface area contributed by atoms with Crippen molar-refractivity contribution in [1.82, 2.24) is 73.9 Å². The molecule has 460 valence electrons. The number of nitrogen functional groups attached to an aromatic ring is 1. The van der Waals surface area contributed by atoms with Gasteiger partial charge in [0.05, 0.1) is 90.4 Å². The van der Waals surface area contributed by atoms with Crippen molar-refractivity contribution in [1.29, 1.82) is 0 Å². The first kappa shape index (κ1) is 63.2. The molecule has 8 amide bonds. The number of nitrogens with zero attached hydrogens (tertiary/aromatic N) is 17. The Hall–Kier alpha value is -9.81. The Morgan fingerprint density at radius 1 is 0.656 bits per heavy atom. The quantitative estimate of drug-likeness (QED) is 0.0302. The van der Waals surface area contributed by atoms with Gasteiger partial charge in [0.15, 0.2) is 33.6 Å². The minimum absolute atomic E-state index is 0.0230. The maximum Gasteiger partial charge on any atom is 0.408 e. The van der Waals surface area contributed by atoms with E-state index in [4.69, 9.17) is 5.73 Å². The zero-order chi connectivity index (χ0) is 63.9. The van der Waals surface area contributed by atoms with Crippen molar-refractivity contribution >= 4 is 155 Å². The van der Waals surface area contributed by atoms with Crippen LogP contribution in [0.5, 0.6) is 0 Å². The van der Waals surface area contributed by atoms with Crippen LogP contribution in [0, 0.1) is 0 Å². The lowest BCUT2D eigenvalue weighted by atomic mass is 9.90. The molecule has 13 heterocycles. The van der Waals surface area contributed by atoms with Crippen LogP contribution in [0.4, 0.5) is 41.4 Å². The second kappa shape index (κ2) is 27.7. The fourth-order valence-electron chi connectivity index (χ4n) is 9.88. The number of carbonyl (C=O) groups is 8. The fourth-order valence-corrected chi connectivity index (χ4v) is 12.2. The van der Waals surface area contributed by atoms with Crippen molar-refractivity contribution in [3.63, 3.8) is 0 Å². The first-order valence-electron chi connectivity index (χ1n) is 27.6. The molecule has 0 aliphatic carbocycles. The van der Waals surface area contributed by atoms with E-state index in [0.717, 1.165) is 65.1 Å². The van der Waals surface area contributed by atoms with E-state index in [2.05, 4.69) is 51.8 Å². The third kappa shape index (κ3) is 14.3. The van der Waals surface area contributed by atoms with E-state index in [0.29, 0.717) is 75.3 Å². The van der Waals surface area contributed by atoms with Crippen molar-refractivity contribution < 1.29 is 58.6 Å². The Labute approximate surface area is 526 Å². The van der Waals surface area contributed by atoms with Crippen LogP contribution in [0.1, 0.15) is 34.7 Å². The van der Waals surface area contributed by atoms with Crippen molar-refractivity contribution in [2.75, 3.05) is 79.2 Å². The summed E-state index contributed by atoms with van der Waals surface area (Å²) in [6, 6.07) is 9.97. The van der Waals surface area contributed by atoms with Gasteiger partial charge >= 0.3 is 47.0 Å². The fraction of sp³-hybridized carbons (Fsp3) is 0.275. The highest BCUT2D eigenvalue weighted by Crippen LogP contribution is 2.30. The summed E-state index contributed by atoms with van der Waals surface area (Å²) in [6.07, 6.45) is 20.0. The average Bonchev–Trinajstić information content (AvgIpc) is 2.16. The molecule has 2 radical (unpaired) electrons. The van der Waals surface area contributed by atoms with Gasteiger partial charge in [0.25, 0.3) is 11.8 Å². The van der Waals surface area contributed by atoms with Crippen molar-refractivity contribution in [2.24, 2.45) is 0 Å². The van der Waals surface area contributed by atoms with E-state index in [1.54, 1.807) is 73.7 Å². The molecule has 7 aromatic rings. The van der Waals surface area contributed by atoms with Crippen LogP contribution in [0.3, 0.4) is 0 Å². The predicted molar refractivity (Wildman–Crippen MR) is 336 cm³/mol. The normalized spacial score (nSPS) is 17.6. The van der Waals surface area contributed by atoms with Gasteiger partial charge in [0, 0.05) is 76.6 Å². The van der Waals surface area contributed by atoms with Crippen LogP contribution >= 0.6 is 34.0 Å². The first-order chi connectivity index (χ1) is 43.2. The summed E-state index contributed by atoms with van der Waals surface area (Å²) in [5.41, 5.74) is 8.66. The van der Waals surface area contributed by atoms with Crippen LogP contribution in [-0.2, 0) is 16.0 Å². The number of rotatable bonds is 18. The topological polar surface area (TPSA) is 380 Å². The smallest absolute Gasteiger partial charge is 0.408 e. The Morgan fingerprint density at radius 3 is 1.51 bits per heavy atom. The summed E-state index contributed by atoms with van der Waals surface area (Å²) in [6.45, 7) is 6.01. The van der Waals surface area contributed by atoms with Crippen LogP contribution < -0.4 is 30.8 Å². The number of nitrogens with one attached hydrogen (secondary N) is 3. The number of Topliss-reactive ketones (excluding diaryl/α,β-unsaturated/α-hetero) is 1. The summed E-state index contributed by atoms with van der Waals surface area (Å²) >= 11 is 3.27. The van der Waals surface area contributed by atoms with E-state index in [1.165, 1.54) is 53.2 Å². The van der Waals surface area contributed by atoms with E-state index in [9.17, 15) is 53.6 Å². The maximum atomic E-state index is 12.9. The number of anilines is 5. The molecule has 3 saturated heterocycles. The van der Waals surface area contributed by atoms with Crippen molar-refractivity contribution in [3.05, 3.63) is 125 Å². The monoisotopic (exact) mass is 1280 g/mol. The van der Waals surface area contributed by atoms with E-state index < -0.39 is 38.0 Å². The van der Waals surface area contributed by atoms with Crippen molar-refractivity contribution in [2.45, 2.75) is 38.2 Å². The molecule has 90 heavy (non-hydrogen) atoms. The minimum atomic E-state index is -0.830. The number of urea groups is 3. The molecule has 6 aliphatic heterocycles. The lowest BCUT2D eigenvalue weighted by Gasteiger charge is -2.21. The van der Waals surface area contributed by atoms with Crippen LogP contribution in [-0.4, -0.2) is 238 Å². The molecule has 0 spiro atoms. The molecule has 3 unspecified atom stereocenters. The minimum Gasteiger partial charge on any atom is -0.433 e. The number of hydroxylamine groups is 2. The van der Waals surface area contributed by atoms with E-state index in [-0.39, 0.29) is 64.3 Å². The number of ketones is 1. The van der Waals surface area contributed by atoms with Gasteiger partial charge in [-0.05, 0) is 37.9 Å². The van der Waals surface area contributed by atoms with Crippen LogP contribution in [0.15, 0.2) is 104 Å². The van der Waals surface area contributed by atoms with Crippen molar-refractivity contribution in [3.8, 4) is 0 Å². The number of nitrogens with two attached hydrogens (primary N) is 1. The SMILES string of the molecule is CB(O)Nc1ncc(C(=O)N([B]C=O)c2ccn(C3=CC4CN(C3)C(=O)N4C)n2)s1.CB(O)Nc1ncc(C(=O)N([B]C=O)c2ccn(C3=CC4CN(C3)C(=O)N4O)n2)s1.CN1C(=O)N2CC(n3ccc(CC(=O)c4cnc(N)s4)n3)=CC1C2.c1cc[nH+]cc1. The number of H-pyrrole nitrogens is 1. The Bertz CT molecular complexity index is 3720. The Morgan fingerprint density at radius 2 is 1.10 bits per heavy atom. The van der Waals surface area contributed by atoms with E-state index >= 15 is 0 Å². The number of pyridine rings is 1. The number of fused-ring (bicyclic) bond motifs is 6. The highest BCUT2D eigenvalue weighted by Gasteiger charge is 2.41. The van der Waals surface area contributed by atoms with E-state index in [1.807, 2.05) is 48.9 Å². The van der Waals surface area contributed by atoms with Gasteiger partial charge in [0.2, 0.25) is 0 Å². The molecule has 0 saturated carbocycles. The molecule has 3 fully saturated rings. The predicted octanol–water partition coefficient (Wildman–Crippen LogP) is 1.01. The number of likely N-dealkylation sites (N-methyl/N-ethyl adjacent to an activating group) is 2. The molecule has 13 rings (SSSR count). The van der Waals surface area contributed by atoms with Gasteiger partial charge in [-0.1, -0.05) is 40.1 Å². The zero-order valence-corrected chi connectivity index (χ0v) is 50.9. The number of hydrogen-bond acceptors (Lipinski definition) is 23. The standard InChI is InChI=1S/C16H18B2N7O4S.C15H16B2N7O5S.C15H16N6O2S.C5H5N/c1-18(29)20-15-19-6-12(30-15)14(27)25(17-9-26)13-3-4-24(21-13)11-5-10-7-23(8-11)16(28)22(10)2;1-17(28)19-14-18-5-11(30-14)13(26)23(16-8-25)12-2-3-22(20-12)9-4-10-7-21(6-9)15(27)24(10)29;1-19-10-5-11(8-20(7-10)15(19)23)21-3-2-9(18-21)4-12(22)13-6-17-14(16)24-13;1-2-4-6-5-3-1/h3-6,9-10,29H,7-8H2,1-2H3,(H,19,20);2-5,8,10,28-29H,6-7H2,1H3,(H,18,19);2-3,5-6,10H,4,7-8H2,1H3,(H2,16,17);1-5H/p+1. The molecule has 6 aliphatic rings. The Balaban J connectivity index is 0.000000142. The van der Waals surface area contributed by atoms with Gasteiger partial charge in [-0.25, -0.2) is 48.4 Å². The van der Waals surface area contributed by atoms with Gasteiger partial charge in [-0.2, -0.15) is 20.4 Å². The second-order valence-electron chi connectivity index (χ2n) is 20.6. The number of aromatic amines is 1. The molecule has 32 nitrogen and oxygen atoms in total. The molecule has 3 atom stereocenters. The third-order valence-electron chi connectivity index (χ3n) is 14.2. The summed E-state index contributed by atoms with van der Waals surface area (Å²) in [7, 11) is 4.07. The number of amides is 8. The second-order valence-corrected chi connectivity index (χ2v) is 23.7. The molecule has 7 aromatic heterocycles. The zero-order valence-electron chi connectivity index (χ0n) is 48.5. The molecular weight excluding hydrogens is 1220 g/mol. The summed E-state index contributed by atoms with van der Waals surface area (Å²) < 4.78 is 4.84. The molecule has 8 N–H and O–H groups in total. The summed E-state index contributed by atoms with van der Waals surface area (Å²) in [5, 5.41) is 49.0. The number of hydrogen-bond donors (Lipinski definition) is 6. The van der Waals surface area contributed by atoms with Gasteiger partial charge < -0.3 is 69.9 Å². The molecule has 0 aromatic carbocycles. The number of thiazole rings is 3. The first-order valence-corrected chi connectivity index (χ1v) is 30.0. The third-order valence-corrected chi connectivity index (χ3v) is 16.9. The molecule has 39 heteroatoms. The maximum absolute atomic E-state index is 12.9.